The number of benzene rings is 4. The Morgan fingerprint density at radius 3 is 2.49 bits per heavy atom. The number of aromatic carboxylic acids is 1. The van der Waals surface area contributed by atoms with Crippen molar-refractivity contribution in [3.05, 3.63) is 126 Å². The minimum absolute atomic E-state index is 0.0597. The van der Waals surface area contributed by atoms with Crippen LogP contribution in [0.15, 0.2) is 82.7 Å². The van der Waals surface area contributed by atoms with Crippen LogP contribution in [-0.4, -0.2) is 38.5 Å². The van der Waals surface area contributed by atoms with E-state index in [1.54, 1.807) is 36.4 Å². The van der Waals surface area contributed by atoms with E-state index in [2.05, 4.69) is 5.10 Å². The Hall–Kier alpha value is -5.55. The van der Waals surface area contributed by atoms with Gasteiger partial charge in [-0.25, -0.2) is 9.78 Å². The van der Waals surface area contributed by atoms with Crippen molar-refractivity contribution < 1.29 is 24.3 Å². The van der Waals surface area contributed by atoms with E-state index in [0.717, 1.165) is 27.6 Å². The third-order valence-corrected chi connectivity index (χ3v) is 7.65. The highest BCUT2D eigenvalue weighted by molar-refractivity contribution is 6.31. The first-order chi connectivity index (χ1) is 22.5. The Balaban J connectivity index is 1.66. The summed E-state index contributed by atoms with van der Waals surface area (Å²) in [6.45, 7) is 8.28. The molecule has 0 unspecified atom stereocenters. The first-order valence-corrected chi connectivity index (χ1v) is 15.1. The molecule has 0 bridgehead atoms. The molecule has 0 radical (unpaired) electrons. The molecular weight excluding hydrogens is 624 g/mol. The van der Waals surface area contributed by atoms with Crippen LogP contribution in [0.4, 0.5) is 5.69 Å². The molecule has 5 aromatic rings. The monoisotopic (exact) mass is 654 g/mol. The van der Waals surface area contributed by atoms with E-state index in [9.17, 15) is 24.8 Å². The van der Waals surface area contributed by atoms with E-state index < -0.39 is 22.1 Å². The summed E-state index contributed by atoms with van der Waals surface area (Å²) < 4.78 is 13.0. The molecule has 0 amide bonds. The molecule has 0 aliphatic rings. The lowest BCUT2D eigenvalue weighted by Gasteiger charge is -2.18. The van der Waals surface area contributed by atoms with Crippen molar-refractivity contribution in [3.8, 4) is 22.9 Å². The molecule has 4 aromatic carbocycles. The van der Waals surface area contributed by atoms with Gasteiger partial charge in [0.1, 0.15) is 12.4 Å². The number of nitro groups is 1. The smallest absolute Gasteiger partial charge is 0.335 e. The van der Waals surface area contributed by atoms with Crippen LogP contribution in [0.5, 0.6) is 11.5 Å². The zero-order valence-corrected chi connectivity index (χ0v) is 26.8. The van der Waals surface area contributed by atoms with E-state index >= 15 is 0 Å². The second-order valence-electron chi connectivity index (χ2n) is 11.0. The summed E-state index contributed by atoms with van der Waals surface area (Å²) in [6.07, 6.45) is 1.27. The topological polar surface area (TPSA) is 146 Å². The molecule has 1 aromatic heterocycles. The van der Waals surface area contributed by atoms with Gasteiger partial charge in [0.05, 0.1) is 34.2 Å². The summed E-state index contributed by atoms with van der Waals surface area (Å²) in [7, 11) is 0. The van der Waals surface area contributed by atoms with Gasteiger partial charge in [0.15, 0.2) is 5.82 Å². The number of para-hydroxylation sites is 1. The number of hydrogen-bond donors (Lipinski definition) is 1. The summed E-state index contributed by atoms with van der Waals surface area (Å²) in [6, 6.07) is 19.3. The number of carboxylic acids is 1. The van der Waals surface area contributed by atoms with Crippen LogP contribution in [0.1, 0.15) is 59.3 Å². The highest BCUT2D eigenvalue weighted by Gasteiger charge is 2.22. The zero-order chi connectivity index (χ0) is 33.8. The number of halogens is 1. The van der Waals surface area contributed by atoms with Crippen LogP contribution in [0.25, 0.3) is 22.3 Å². The summed E-state index contributed by atoms with van der Waals surface area (Å²) in [5.41, 5.74) is 2.84. The third kappa shape index (κ3) is 7.00. The summed E-state index contributed by atoms with van der Waals surface area (Å²) in [5, 5.41) is 26.2. The van der Waals surface area contributed by atoms with Gasteiger partial charge < -0.3 is 14.6 Å². The predicted octanol–water partition coefficient (Wildman–Crippen LogP) is 7.62. The van der Waals surface area contributed by atoms with Gasteiger partial charge in [-0.3, -0.25) is 14.9 Å². The molecule has 1 N–H and O–H groups in total. The van der Waals surface area contributed by atoms with Crippen LogP contribution >= 0.6 is 11.6 Å². The lowest BCUT2D eigenvalue weighted by Crippen LogP contribution is -2.21. The number of nitro benzene ring substituents is 1. The molecule has 1 heterocycles. The quantitative estimate of drug-likeness (QED) is 0.0869. The molecule has 47 heavy (non-hydrogen) atoms. The first kappa shape index (κ1) is 32.8. The van der Waals surface area contributed by atoms with Crippen molar-refractivity contribution >= 4 is 40.4 Å². The van der Waals surface area contributed by atoms with Crippen LogP contribution in [-0.2, 0) is 6.61 Å². The van der Waals surface area contributed by atoms with Crippen molar-refractivity contribution in [1.29, 1.82) is 0 Å². The summed E-state index contributed by atoms with van der Waals surface area (Å²) in [4.78, 5) is 41.4. The highest BCUT2D eigenvalue weighted by atomic mass is 35.5. The number of rotatable bonds is 11. The molecular formula is C35H31ClN4O7. The van der Waals surface area contributed by atoms with Gasteiger partial charge in [-0.1, -0.05) is 49.7 Å². The number of hydrogen-bond acceptors (Lipinski definition) is 8. The number of aromatic nitrogens is 2. The molecule has 0 spiro atoms. The van der Waals surface area contributed by atoms with Gasteiger partial charge in [-0.15, -0.1) is 0 Å². The highest BCUT2D eigenvalue weighted by Crippen LogP contribution is 2.36. The first-order valence-electron chi connectivity index (χ1n) is 14.7. The average Bonchev–Trinajstić information content (AvgIpc) is 3.03. The van der Waals surface area contributed by atoms with Crippen LogP contribution in [0.2, 0.25) is 5.02 Å². The fourth-order valence-corrected chi connectivity index (χ4v) is 5.30. The Kier molecular flexibility index (Phi) is 9.67. The maximum atomic E-state index is 13.9. The lowest BCUT2D eigenvalue weighted by molar-refractivity contribution is -0.385. The normalized spacial score (nSPS) is 11.4. The molecule has 0 fully saturated rings. The van der Waals surface area contributed by atoms with Gasteiger partial charge in [-0.2, -0.15) is 9.78 Å². The molecule has 11 nitrogen and oxygen atoms in total. The molecule has 12 heteroatoms. The third-order valence-electron chi connectivity index (χ3n) is 7.43. The SMILES string of the molecule is CCOc1cc(C)c(-c2nc3ccccc3c(=O)n2N=Cc2cc(Cl)cc([N+](=O)[O-])c2OCc2ccc(C(=O)O)cc2)cc1C(C)C. The van der Waals surface area contributed by atoms with E-state index in [4.69, 9.17) is 26.1 Å². The van der Waals surface area contributed by atoms with Crippen molar-refractivity contribution in [2.75, 3.05) is 6.61 Å². The number of ether oxygens (including phenoxy) is 2. The Morgan fingerprint density at radius 1 is 1.11 bits per heavy atom. The maximum Gasteiger partial charge on any atom is 0.335 e. The Labute approximate surface area is 274 Å². The molecule has 0 saturated carbocycles. The van der Waals surface area contributed by atoms with Gasteiger partial charge in [0, 0.05) is 22.2 Å². The largest absolute Gasteiger partial charge is 0.494 e. The average molecular weight is 655 g/mol. The number of fused-ring (bicyclic) bond motifs is 1. The summed E-state index contributed by atoms with van der Waals surface area (Å²) >= 11 is 6.29. The van der Waals surface area contributed by atoms with Crippen molar-refractivity contribution in [1.82, 2.24) is 9.66 Å². The second kappa shape index (κ2) is 13.8. The van der Waals surface area contributed by atoms with E-state index in [1.165, 1.54) is 24.4 Å². The number of aryl methyl sites for hydroxylation is 1. The second-order valence-corrected chi connectivity index (χ2v) is 11.4. The number of carbonyl (C=O) groups is 1. The molecule has 0 aliphatic heterocycles. The lowest BCUT2D eigenvalue weighted by atomic mass is 9.96. The van der Waals surface area contributed by atoms with Crippen molar-refractivity contribution in [2.45, 2.75) is 40.2 Å². The Morgan fingerprint density at radius 2 is 1.83 bits per heavy atom. The van der Waals surface area contributed by atoms with Gasteiger partial charge >= 0.3 is 11.7 Å². The van der Waals surface area contributed by atoms with E-state index in [0.29, 0.717) is 28.6 Å². The van der Waals surface area contributed by atoms with Gasteiger partial charge in [0.2, 0.25) is 5.75 Å². The maximum absolute atomic E-state index is 13.9. The van der Waals surface area contributed by atoms with E-state index in [-0.39, 0.29) is 40.2 Å². The molecule has 0 saturated heterocycles. The molecule has 0 aliphatic carbocycles. The van der Waals surface area contributed by atoms with E-state index in [1.807, 2.05) is 39.8 Å². The minimum Gasteiger partial charge on any atom is -0.494 e. The molecule has 5 rings (SSSR count). The van der Waals surface area contributed by atoms with Crippen LogP contribution in [0.3, 0.4) is 0 Å². The van der Waals surface area contributed by atoms with Crippen LogP contribution < -0.4 is 15.0 Å². The van der Waals surface area contributed by atoms with Crippen LogP contribution in [0, 0.1) is 17.0 Å². The van der Waals surface area contributed by atoms with Gasteiger partial charge in [-0.05, 0) is 78.9 Å². The standard InChI is InChI=1S/C35H31ClN4O7/c1-5-46-31-14-21(4)28(17-27(31)20(2)3)33-38-29-9-7-6-8-26(29)34(41)39(33)37-18-24-15-25(36)16-30(40(44)45)32(24)47-19-22-10-12-23(13-11-22)35(42)43/h6-18,20H,5,19H2,1-4H3,(H,42,43). The van der Waals surface area contributed by atoms with Crippen molar-refractivity contribution in [3.63, 3.8) is 0 Å². The van der Waals surface area contributed by atoms with Gasteiger partial charge in [0.25, 0.3) is 5.56 Å². The minimum atomic E-state index is -1.08. The molecule has 0 atom stereocenters. The fraction of sp³-hybridized carbons (Fsp3) is 0.200. The van der Waals surface area contributed by atoms with Crippen molar-refractivity contribution in [2.24, 2.45) is 5.10 Å². The fourth-order valence-electron chi connectivity index (χ4n) is 5.08. The summed E-state index contributed by atoms with van der Waals surface area (Å²) in [5.74, 6) is -0.0966. The predicted molar refractivity (Wildman–Crippen MR) is 180 cm³/mol. The molecule has 240 valence electrons. The zero-order valence-electron chi connectivity index (χ0n) is 26.1. The Bertz CT molecular complexity index is 2090. The number of nitrogens with zero attached hydrogens (tertiary/aromatic N) is 4. The number of carboxylic acid groups (broad SMARTS) is 1.